The average Bonchev–Trinajstić information content (AvgIpc) is 2.15. The first-order chi connectivity index (χ1) is 6.22. The summed E-state index contributed by atoms with van der Waals surface area (Å²) in [5.74, 6) is 0.525. The molecule has 0 fully saturated rings. The minimum absolute atomic E-state index is 0.0341. The number of carbonyl (C=O) groups is 1. The van der Waals surface area contributed by atoms with Gasteiger partial charge in [0.15, 0.2) is 11.5 Å². The number of hydrogen-bond donors (Lipinski definition) is 0. The van der Waals surface area contributed by atoms with E-state index in [0.29, 0.717) is 11.4 Å². The zero-order valence-corrected chi connectivity index (χ0v) is 7.28. The third-order valence-electron chi connectivity index (χ3n) is 1.39. The quantitative estimate of drug-likeness (QED) is 0.659. The van der Waals surface area contributed by atoms with E-state index in [1.807, 2.05) is 0 Å². The molecule has 0 saturated carbocycles. The number of carbonyl (C=O) groups excluding carboxylic acids is 1. The monoisotopic (exact) mass is 175 g/mol. The van der Waals surface area contributed by atoms with Gasteiger partial charge in [-0.2, -0.15) is 0 Å². The van der Waals surface area contributed by atoms with E-state index in [0.717, 1.165) is 0 Å². The molecule has 3 heteroatoms. The van der Waals surface area contributed by atoms with Gasteiger partial charge in [-0.1, -0.05) is 12.1 Å². The summed E-state index contributed by atoms with van der Waals surface area (Å²) in [6, 6.07) is 6.74. The Morgan fingerprint density at radius 3 is 3.00 bits per heavy atom. The summed E-state index contributed by atoms with van der Waals surface area (Å²) in [5.41, 5.74) is 0.515. The van der Waals surface area contributed by atoms with Crippen LogP contribution in [0.2, 0.25) is 0 Å². The van der Waals surface area contributed by atoms with Crippen LogP contribution in [0.3, 0.4) is 0 Å². The molecule has 0 N–H and O–H groups in total. The molecule has 1 aromatic rings. The van der Waals surface area contributed by atoms with Gasteiger partial charge < -0.3 is 4.74 Å². The standard InChI is InChI=1S/C10H9NO2/c1-8(12)7-13-10-5-3-4-9(6-10)11-2/h3-6H,7H2,1H3. The summed E-state index contributed by atoms with van der Waals surface area (Å²) >= 11 is 0. The van der Waals surface area contributed by atoms with E-state index in [1.165, 1.54) is 6.92 Å². The van der Waals surface area contributed by atoms with Crippen LogP contribution < -0.4 is 4.74 Å². The molecule has 0 atom stereocenters. The van der Waals surface area contributed by atoms with Crippen LogP contribution >= 0.6 is 0 Å². The summed E-state index contributed by atoms with van der Waals surface area (Å²) in [7, 11) is 0. The Kier molecular flexibility index (Phi) is 3.04. The molecule has 66 valence electrons. The Morgan fingerprint density at radius 1 is 1.62 bits per heavy atom. The average molecular weight is 175 g/mol. The van der Waals surface area contributed by atoms with Crippen LogP contribution in [0.4, 0.5) is 5.69 Å². The van der Waals surface area contributed by atoms with Crippen LogP contribution in [0.5, 0.6) is 5.75 Å². The van der Waals surface area contributed by atoms with Crippen molar-refractivity contribution < 1.29 is 9.53 Å². The molecule has 1 rings (SSSR count). The highest BCUT2D eigenvalue weighted by Crippen LogP contribution is 2.19. The molecule has 0 radical (unpaired) electrons. The van der Waals surface area contributed by atoms with Gasteiger partial charge in [-0.05, 0) is 19.1 Å². The van der Waals surface area contributed by atoms with E-state index in [1.54, 1.807) is 24.3 Å². The maximum absolute atomic E-state index is 10.6. The third kappa shape index (κ3) is 2.96. The number of Topliss-reactive ketones (excluding diaryl/α,β-unsaturated/α-hetero) is 1. The van der Waals surface area contributed by atoms with Crippen LogP contribution in [-0.2, 0) is 4.79 Å². The molecule has 0 bridgehead atoms. The predicted octanol–water partition coefficient (Wildman–Crippen LogP) is 2.21. The van der Waals surface area contributed by atoms with Gasteiger partial charge in [-0.15, -0.1) is 0 Å². The van der Waals surface area contributed by atoms with E-state index in [-0.39, 0.29) is 12.4 Å². The second-order valence-corrected chi connectivity index (χ2v) is 2.60. The summed E-state index contributed by atoms with van der Waals surface area (Å²) in [5, 5.41) is 0. The van der Waals surface area contributed by atoms with Gasteiger partial charge in [0.25, 0.3) is 0 Å². The Bertz CT molecular complexity index is 352. The number of hydrogen-bond acceptors (Lipinski definition) is 2. The van der Waals surface area contributed by atoms with Gasteiger partial charge in [0.2, 0.25) is 0 Å². The van der Waals surface area contributed by atoms with Crippen LogP contribution in [0.25, 0.3) is 4.85 Å². The van der Waals surface area contributed by atoms with E-state index in [2.05, 4.69) is 4.85 Å². The fourth-order valence-electron chi connectivity index (χ4n) is 0.828. The van der Waals surface area contributed by atoms with Crippen molar-refractivity contribution in [2.24, 2.45) is 0 Å². The first-order valence-corrected chi connectivity index (χ1v) is 3.82. The fraction of sp³-hybridized carbons (Fsp3) is 0.200. The summed E-state index contributed by atoms with van der Waals surface area (Å²) < 4.78 is 5.12. The van der Waals surface area contributed by atoms with Gasteiger partial charge in [-0.25, -0.2) is 4.85 Å². The Balaban J connectivity index is 2.68. The summed E-state index contributed by atoms with van der Waals surface area (Å²) in [6.45, 7) is 8.27. The van der Waals surface area contributed by atoms with Crippen molar-refractivity contribution in [2.45, 2.75) is 6.92 Å². The molecule has 0 aromatic heterocycles. The number of ether oxygens (including phenoxy) is 1. The smallest absolute Gasteiger partial charge is 0.190 e. The van der Waals surface area contributed by atoms with Crippen molar-refractivity contribution in [1.82, 2.24) is 0 Å². The zero-order valence-electron chi connectivity index (χ0n) is 7.28. The molecule has 0 unspecified atom stereocenters. The first kappa shape index (κ1) is 9.27. The zero-order chi connectivity index (χ0) is 9.68. The lowest BCUT2D eigenvalue weighted by Gasteiger charge is -2.02. The van der Waals surface area contributed by atoms with Crippen LogP contribution in [0, 0.1) is 6.57 Å². The molecular weight excluding hydrogens is 166 g/mol. The van der Waals surface area contributed by atoms with Gasteiger partial charge in [0.05, 0.1) is 6.57 Å². The SMILES string of the molecule is [C-]#[N+]c1cccc(OCC(C)=O)c1. The van der Waals surface area contributed by atoms with Crippen molar-refractivity contribution in [3.05, 3.63) is 35.7 Å². The lowest BCUT2D eigenvalue weighted by atomic mass is 10.3. The van der Waals surface area contributed by atoms with Gasteiger partial charge >= 0.3 is 0 Å². The Labute approximate surface area is 76.8 Å². The minimum Gasteiger partial charge on any atom is -0.487 e. The molecule has 0 saturated heterocycles. The topological polar surface area (TPSA) is 30.7 Å². The maximum Gasteiger partial charge on any atom is 0.190 e. The van der Waals surface area contributed by atoms with Crippen molar-refractivity contribution in [2.75, 3.05) is 6.61 Å². The predicted molar refractivity (Wildman–Crippen MR) is 48.9 cm³/mol. The normalized spacial score (nSPS) is 8.92. The van der Waals surface area contributed by atoms with Gasteiger partial charge in [0, 0.05) is 0 Å². The number of ketones is 1. The van der Waals surface area contributed by atoms with Crippen molar-refractivity contribution >= 4 is 11.5 Å². The van der Waals surface area contributed by atoms with Crippen molar-refractivity contribution in [1.29, 1.82) is 0 Å². The Hall–Kier alpha value is -1.82. The van der Waals surface area contributed by atoms with Crippen molar-refractivity contribution in [3.8, 4) is 5.75 Å². The highest BCUT2D eigenvalue weighted by atomic mass is 16.5. The number of benzene rings is 1. The highest BCUT2D eigenvalue weighted by Gasteiger charge is 1.97. The molecule has 13 heavy (non-hydrogen) atoms. The van der Waals surface area contributed by atoms with E-state index < -0.39 is 0 Å². The first-order valence-electron chi connectivity index (χ1n) is 3.82. The molecule has 3 nitrogen and oxygen atoms in total. The second kappa shape index (κ2) is 4.27. The van der Waals surface area contributed by atoms with E-state index in [9.17, 15) is 4.79 Å². The minimum atomic E-state index is -0.0341. The molecule has 0 spiro atoms. The fourth-order valence-corrected chi connectivity index (χ4v) is 0.828. The third-order valence-corrected chi connectivity index (χ3v) is 1.39. The molecule has 1 aromatic carbocycles. The van der Waals surface area contributed by atoms with E-state index >= 15 is 0 Å². The molecule has 0 heterocycles. The van der Waals surface area contributed by atoms with Crippen molar-refractivity contribution in [3.63, 3.8) is 0 Å². The molecule has 0 aliphatic rings. The Morgan fingerprint density at radius 2 is 2.38 bits per heavy atom. The maximum atomic E-state index is 10.6. The second-order valence-electron chi connectivity index (χ2n) is 2.60. The summed E-state index contributed by atoms with van der Waals surface area (Å²) in [4.78, 5) is 13.8. The number of nitrogens with zero attached hydrogens (tertiary/aromatic N) is 1. The molecule has 0 amide bonds. The number of rotatable bonds is 3. The van der Waals surface area contributed by atoms with Crippen LogP contribution in [0.1, 0.15) is 6.92 Å². The van der Waals surface area contributed by atoms with Gasteiger partial charge in [0.1, 0.15) is 12.4 Å². The lowest BCUT2D eigenvalue weighted by Crippen LogP contribution is -2.06. The van der Waals surface area contributed by atoms with Crippen LogP contribution in [0.15, 0.2) is 24.3 Å². The highest BCUT2D eigenvalue weighted by molar-refractivity contribution is 5.77. The molecular formula is C10H9NO2. The summed E-state index contributed by atoms with van der Waals surface area (Å²) in [6.07, 6.45) is 0. The molecule has 0 aliphatic carbocycles. The van der Waals surface area contributed by atoms with Gasteiger partial charge in [-0.3, -0.25) is 4.79 Å². The largest absolute Gasteiger partial charge is 0.487 e. The van der Waals surface area contributed by atoms with E-state index in [4.69, 9.17) is 11.3 Å². The van der Waals surface area contributed by atoms with Crippen LogP contribution in [-0.4, -0.2) is 12.4 Å². The lowest BCUT2D eigenvalue weighted by molar-refractivity contribution is -0.118. The molecule has 0 aliphatic heterocycles.